The Labute approximate surface area is 273 Å². The second-order valence-corrected chi connectivity index (χ2v) is 13.6. The highest BCUT2D eigenvalue weighted by atomic mass is 16.5. The first-order chi connectivity index (χ1) is 23.1. The van der Waals surface area contributed by atoms with Crippen molar-refractivity contribution in [1.29, 1.82) is 0 Å². The minimum absolute atomic E-state index is 0.719. The summed E-state index contributed by atoms with van der Waals surface area (Å²) < 4.78 is 12.5. The zero-order valence-corrected chi connectivity index (χ0v) is 26.7. The maximum Gasteiger partial charge on any atom is 0.176 e. The number of rotatable bonds is 8. The first-order valence-corrected chi connectivity index (χ1v) is 16.9. The zero-order valence-electron chi connectivity index (χ0n) is 26.7. The van der Waals surface area contributed by atoms with Crippen LogP contribution in [0.25, 0.3) is 44.1 Å². The molecule has 3 aromatic heterocycles. The second kappa shape index (κ2) is 11.8. The zero-order chi connectivity index (χ0) is 31.3. The number of benzene rings is 3. The number of H-pyrrole nitrogens is 2. The van der Waals surface area contributed by atoms with Gasteiger partial charge in [0.25, 0.3) is 0 Å². The summed E-state index contributed by atoms with van der Waals surface area (Å²) >= 11 is 0. The number of fused-ring (bicyclic) bond motifs is 6. The number of hydrogen-bond acceptors (Lipinski definition) is 7. The van der Waals surface area contributed by atoms with Crippen LogP contribution in [0.2, 0.25) is 0 Å². The van der Waals surface area contributed by atoms with Gasteiger partial charge in [0.2, 0.25) is 0 Å². The Balaban J connectivity index is 0.997. The maximum atomic E-state index is 6.72. The van der Waals surface area contributed by atoms with Gasteiger partial charge in [-0.2, -0.15) is 10.2 Å². The number of aromatic nitrogens is 5. The van der Waals surface area contributed by atoms with Gasteiger partial charge in [0.15, 0.2) is 17.3 Å². The fourth-order valence-corrected chi connectivity index (χ4v) is 7.87. The van der Waals surface area contributed by atoms with Gasteiger partial charge in [-0.25, -0.2) is 4.98 Å². The van der Waals surface area contributed by atoms with Crippen molar-refractivity contribution in [2.45, 2.75) is 32.6 Å². The number of unbranched alkanes of at least 4 members (excludes halogenated alkanes) is 2. The molecule has 2 unspecified atom stereocenters. The van der Waals surface area contributed by atoms with Gasteiger partial charge >= 0.3 is 0 Å². The van der Waals surface area contributed by atoms with Crippen molar-refractivity contribution < 1.29 is 9.47 Å². The van der Waals surface area contributed by atoms with E-state index >= 15 is 0 Å². The van der Waals surface area contributed by atoms with Crippen molar-refractivity contribution in [3.05, 3.63) is 78.8 Å². The Morgan fingerprint density at radius 3 is 2.26 bits per heavy atom. The summed E-state index contributed by atoms with van der Waals surface area (Å²) in [6.07, 6.45) is 10.5. The number of aromatic amines is 2. The van der Waals surface area contributed by atoms with Crippen molar-refractivity contribution in [2.24, 2.45) is 11.8 Å². The number of pyridine rings is 1. The topological polar surface area (TPSA) is 95.2 Å². The number of ether oxygens (including phenoxy) is 2. The number of nitrogens with one attached hydrogen (secondary N) is 2. The molecule has 9 rings (SSSR count). The van der Waals surface area contributed by atoms with Crippen molar-refractivity contribution in [2.75, 3.05) is 44.3 Å². The van der Waals surface area contributed by atoms with E-state index in [1.807, 2.05) is 18.6 Å². The van der Waals surface area contributed by atoms with Gasteiger partial charge in [-0.05, 0) is 109 Å². The van der Waals surface area contributed by atoms with E-state index in [0.717, 1.165) is 105 Å². The molecule has 2 atom stereocenters. The highest BCUT2D eigenvalue weighted by molar-refractivity contribution is 5.88. The molecule has 3 aromatic carbocycles. The third kappa shape index (κ3) is 5.43. The van der Waals surface area contributed by atoms with Crippen LogP contribution in [0.5, 0.6) is 11.5 Å². The molecule has 47 heavy (non-hydrogen) atoms. The molecule has 0 saturated carbocycles. The highest BCUT2D eigenvalue weighted by Gasteiger charge is 2.31. The summed E-state index contributed by atoms with van der Waals surface area (Å²) in [5, 5.41) is 16.7. The SMILES string of the molecule is Cc1cc2c(cc1-c1ccc3[nH]ncc3c1)Oc1cc(-c3ccc4[nH]ncc4c3)cnc1N2CCCCCN1CC2COCC(C2)C1. The molecular formula is C38H39N7O2. The van der Waals surface area contributed by atoms with E-state index in [9.17, 15) is 0 Å². The smallest absolute Gasteiger partial charge is 0.176 e. The van der Waals surface area contributed by atoms with Gasteiger partial charge in [-0.15, -0.1) is 0 Å². The summed E-state index contributed by atoms with van der Waals surface area (Å²) in [6, 6.07) is 19.3. The Hall–Kier alpha value is -4.73. The quantitative estimate of drug-likeness (QED) is 0.166. The number of anilines is 2. The molecule has 3 aliphatic rings. The molecule has 6 heterocycles. The van der Waals surface area contributed by atoms with Crippen LogP contribution >= 0.6 is 0 Å². The second-order valence-electron chi connectivity index (χ2n) is 13.6. The monoisotopic (exact) mass is 625 g/mol. The predicted octanol–water partition coefficient (Wildman–Crippen LogP) is 7.86. The van der Waals surface area contributed by atoms with Gasteiger partial charge in [-0.1, -0.05) is 18.6 Å². The van der Waals surface area contributed by atoms with Gasteiger partial charge < -0.3 is 19.3 Å². The van der Waals surface area contributed by atoms with Gasteiger partial charge in [-0.3, -0.25) is 10.2 Å². The Kier molecular flexibility index (Phi) is 7.16. The van der Waals surface area contributed by atoms with Gasteiger partial charge in [0.05, 0.1) is 42.3 Å². The average molecular weight is 626 g/mol. The fraction of sp³-hybridized carbons (Fsp3) is 0.342. The molecule has 0 amide bonds. The van der Waals surface area contributed by atoms with E-state index in [1.165, 1.54) is 44.5 Å². The standard InChI is InChI=1S/C38H39N7O2/c1-24-11-35-36(16-32(24)28-6-8-34-31(14-28)19-41-43-34)47-37-15-29(27-5-7-33-30(13-27)18-40-42-33)17-39-38(37)45(35)10-4-2-3-9-44-20-25-12-26(21-44)23-46-22-25/h5-8,11,13-19,25-26H,2-4,9-10,12,20-23H2,1H3,(H,40,42)(H,41,43). The number of nitrogens with zero attached hydrogens (tertiary/aromatic N) is 5. The van der Waals surface area contributed by atoms with Crippen molar-refractivity contribution in [3.8, 4) is 33.8 Å². The van der Waals surface area contributed by atoms with Crippen LogP contribution in [-0.4, -0.2) is 69.7 Å². The van der Waals surface area contributed by atoms with Crippen molar-refractivity contribution >= 4 is 33.3 Å². The van der Waals surface area contributed by atoms with Crippen LogP contribution < -0.4 is 9.64 Å². The molecule has 2 N–H and O–H groups in total. The first kappa shape index (κ1) is 28.5. The lowest BCUT2D eigenvalue weighted by Gasteiger charge is -2.41. The molecule has 2 bridgehead atoms. The van der Waals surface area contributed by atoms with E-state index in [4.69, 9.17) is 14.5 Å². The molecule has 9 nitrogen and oxygen atoms in total. The lowest BCUT2D eigenvalue weighted by molar-refractivity contribution is -0.0405. The minimum atomic E-state index is 0.719. The molecule has 3 aliphatic heterocycles. The fourth-order valence-electron chi connectivity index (χ4n) is 7.87. The highest BCUT2D eigenvalue weighted by Crippen LogP contribution is 2.49. The van der Waals surface area contributed by atoms with Crippen molar-refractivity contribution in [3.63, 3.8) is 0 Å². The lowest BCUT2D eigenvalue weighted by Crippen LogP contribution is -2.46. The van der Waals surface area contributed by atoms with E-state index in [2.05, 4.69) is 91.7 Å². The van der Waals surface area contributed by atoms with Crippen molar-refractivity contribution in [1.82, 2.24) is 30.3 Å². The molecule has 9 heteroatoms. The number of aryl methyl sites for hydroxylation is 1. The molecular weight excluding hydrogens is 586 g/mol. The third-order valence-corrected chi connectivity index (χ3v) is 10.2. The van der Waals surface area contributed by atoms with Crippen LogP contribution in [0.3, 0.4) is 0 Å². The third-order valence-electron chi connectivity index (χ3n) is 10.2. The minimum Gasteiger partial charge on any atom is -0.451 e. The summed E-state index contributed by atoms with van der Waals surface area (Å²) in [6.45, 7) is 8.50. The summed E-state index contributed by atoms with van der Waals surface area (Å²) in [5.41, 5.74) is 8.73. The number of hydrogen-bond donors (Lipinski definition) is 2. The first-order valence-electron chi connectivity index (χ1n) is 16.9. The largest absolute Gasteiger partial charge is 0.451 e. The Morgan fingerprint density at radius 2 is 1.47 bits per heavy atom. The number of piperidine rings is 1. The molecule has 2 saturated heterocycles. The van der Waals surface area contributed by atoms with Crippen LogP contribution in [0.15, 0.2) is 73.2 Å². The molecule has 0 aliphatic carbocycles. The van der Waals surface area contributed by atoms with Gasteiger partial charge in [0, 0.05) is 42.2 Å². The van der Waals surface area contributed by atoms with E-state index in [-0.39, 0.29) is 0 Å². The van der Waals surface area contributed by atoms with Crippen LogP contribution in [0, 0.1) is 18.8 Å². The Bertz CT molecular complexity index is 2070. The molecule has 0 spiro atoms. The maximum absolute atomic E-state index is 6.72. The van der Waals surface area contributed by atoms with Crippen LogP contribution in [0.1, 0.15) is 31.2 Å². The molecule has 0 radical (unpaired) electrons. The van der Waals surface area contributed by atoms with Crippen LogP contribution in [-0.2, 0) is 4.74 Å². The van der Waals surface area contributed by atoms with E-state index in [0.29, 0.717) is 0 Å². The Morgan fingerprint density at radius 1 is 0.745 bits per heavy atom. The van der Waals surface area contributed by atoms with E-state index < -0.39 is 0 Å². The number of likely N-dealkylation sites (tertiary alicyclic amines) is 1. The lowest BCUT2D eigenvalue weighted by atomic mass is 9.88. The van der Waals surface area contributed by atoms with E-state index in [1.54, 1.807) is 0 Å². The predicted molar refractivity (Wildman–Crippen MR) is 185 cm³/mol. The normalized spacial score (nSPS) is 19.1. The van der Waals surface area contributed by atoms with Crippen LogP contribution in [0.4, 0.5) is 11.5 Å². The summed E-state index contributed by atoms with van der Waals surface area (Å²) in [4.78, 5) is 10.1. The molecule has 238 valence electrons. The molecule has 2 fully saturated rings. The average Bonchev–Trinajstić information content (AvgIpc) is 3.76. The van der Waals surface area contributed by atoms with Gasteiger partial charge in [0.1, 0.15) is 0 Å². The summed E-state index contributed by atoms with van der Waals surface area (Å²) in [5.74, 6) is 3.95. The summed E-state index contributed by atoms with van der Waals surface area (Å²) in [7, 11) is 0. The molecule has 6 aromatic rings.